The molecule has 2 heterocycles. The van der Waals surface area contributed by atoms with Crippen LogP contribution in [0.5, 0.6) is 0 Å². The molecule has 0 aliphatic rings. The molecule has 90 valence electrons. The van der Waals surface area contributed by atoms with Crippen molar-refractivity contribution in [3.63, 3.8) is 0 Å². The fourth-order valence-corrected chi connectivity index (χ4v) is 2.05. The zero-order chi connectivity index (χ0) is 12.5. The number of fused-ring (bicyclic) bond motifs is 1. The summed E-state index contributed by atoms with van der Waals surface area (Å²) >= 11 is 0. The van der Waals surface area contributed by atoms with Gasteiger partial charge in [0.25, 0.3) is 0 Å². The number of halogens is 1. The monoisotopic (exact) mass is 242 g/mol. The summed E-state index contributed by atoms with van der Waals surface area (Å²) in [5, 5.41) is 0.783. The van der Waals surface area contributed by atoms with Crippen LogP contribution in [0.2, 0.25) is 0 Å². The number of aromatic amines is 1. The van der Waals surface area contributed by atoms with Crippen molar-refractivity contribution in [3.8, 4) is 11.3 Å². The lowest BCUT2D eigenvalue weighted by molar-refractivity contribution is 0.631. The number of nitrogens with two attached hydrogens (primary N) is 1. The lowest BCUT2D eigenvalue weighted by atomic mass is 10.1. The largest absolute Gasteiger partial charge is 0.346 e. The van der Waals surface area contributed by atoms with Crippen molar-refractivity contribution in [2.75, 3.05) is 0 Å². The van der Waals surface area contributed by atoms with Gasteiger partial charge in [-0.25, -0.2) is 14.4 Å². The maximum absolute atomic E-state index is 13.8. The van der Waals surface area contributed by atoms with Gasteiger partial charge in [0, 0.05) is 23.7 Å². The fraction of sp³-hybridized carbons (Fsp3) is 0.0769. The predicted octanol–water partition coefficient (Wildman–Crippen LogP) is 2.22. The smallest absolute Gasteiger partial charge is 0.141 e. The molecule has 4 nitrogen and oxygen atoms in total. The Bertz CT molecular complexity index is 705. The van der Waals surface area contributed by atoms with Crippen LogP contribution in [0.1, 0.15) is 5.56 Å². The third-order valence-corrected chi connectivity index (χ3v) is 2.90. The second-order valence-corrected chi connectivity index (χ2v) is 3.94. The first kappa shape index (κ1) is 10.9. The van der Waals surface area contributed by atoms with Crippen LogP contribution in [0.25, 0.3) is 22.3 Å². The van der Waals surface area contributed by atoms with Gasteiger partial charge in [-0.15, -0.1) is 0 Å². The second kappa shape index (κ2) is 4.19. The minimum atomic E-state index is -0.304. The SMILES string of the molecule is NCc1c[nH]c2ncnc(-c3ccccc3F)c12. The van der Waals surface area contributed by atoms with Gasteiger partial charge in [0.15, 0.2) is 0 Å². The number of hydrogen-bond acceptors (Lipinski definition) is 3. The number of nitrogens with one attached hydrogen (secondary N) is 1. The predicted molar refractivity (Wildman–Crippen MR) is 67.2 cm³/mol. The van der Waals surface area contributed by atoms with Gasteiger partial charge in [-0.05, 0) is 17.7 Å². The molecule has 0 radical (unpaired) electrons. The van der Waals surface area contributed by atoms with Gasteiger partial charge in [-0.3, -0.25) is 0 Å². The highest BCUT2D eigenvalue weighted by Crippen LogP contribution is 2.29. The van der Waals surface area contributed by atoms with E-state index in [4.69, 9.17) is 5.73 Å². The van der Waals surface area contributed by atoms with Crippen molar-refractivity contribution in [2.24, 2.45) is 5.73 Å². The number of rotatable bonds is 2. The van der Waals surface area contributed by atoms with Crippen LogP contribution in [0.3, 0.4) is 0 Å². The third kappa shape index (κ3) is 1.56. The molecule has 3 N–H and O–H groups in total. The van der Waals surface area contributed by atoms with Crippen LogP contribution >= 0.6 is 0 Å². The average molecular weight is 242 g/mol. The van der Waals surface area contributed by atoms with Gasteiger partial charge >= 0.3 is 0 Å². The Morgan fingerprint density at radius 1 is 1.22 bits per heavy atom. The molecular formula is C13H11FN4. The fourth-order valence-electron chi connectivity index (χ4n) is 2.05. The van der Waals surface area contributed by atoms with E-state index in [1.54, 1.807) is 24.4 Å². The zero-order valence-electron chi connectivity index (χ0n) is 9.52. The molecule has 0 aliphatic heterocycles. The number of H-pyrrole nitrogens is 1. The van der Waals surface area contributed by atoms with Crippen LogP contribution < -0.4 is 5.73 Å². The van der Waals surface area contributed by atoms with E-state index in [0.717, 1.165) is 10.9 Å². The van der Waals surface area contributed by atoms with Crippen molar-refractivity contribution < 1.29 is 4.39 Å². The molecule has 0 aliphatic carbocycles. The quantitative estimate of drug-likeness (QED) is 0.724. The number of benzene rings is 1. The Morgan fingerprint density at radius 2 is 2.06 bits per heavy atom. The van der Waals surface area contributed by atoms with Crippen LogP contribution in [0.4, 0.5) is 4.39 Å². The molecule has 0 amide bonds. The van der Waals surface area contributed by atoms with E-state index in [1.165, 1.54) is 12.4 Å². The molecule has 0 saturated carbocycles. The Kier molecular flexibility index (Phi) is 2.53. The molecule has 0 unspecified atom stereocenters. The lowest BCUT2D eigenvalue weighted by Gasteiger charge is -2.05. The van der Waals surface area contributed by atoms with E-state index in [1.807, 2.05) is 0 Å². The molecule has 0 atom stereocenters. The highest BCUT2D eigenvalue weighted by Gasteiger charge is 2.14. The highest BCUT2D eigenvalue weighted by atomic mass is 19.1. The van der Waals surface area contributed by atoms with E-state index in [-0.39, 0.29) is 5.82 Å². The number of nitrogens with zero attached hydrogens (tertiary/aromatic N) is 2. The summed E-state index contributed by atoms with van der Waals surface area (Å²) in [5.41, 5.74) is 8.25. The summed E-state index contributed by atoms with van der Waals surface area (Å²) in [7, 11) is 0. The van der Waals surface area contributed by atoms with E-state index < -0.39 is 0 Å². The van der Waals surface area contributed by atoms with Crippen molar-refractivity contribution in [1.82, 2.24) is 15.0 Å². The van der Waals surface area contributed by atoms with Gasteiger partial charge in [-0.1, -0.05) is 12.1 Å². The standard InChI is InChI=1S/C13H11FN4/c14-10-4-2-1-3-9(10)12-11-8(5-15)6-16-13(11)18-7-17-12/h1-4,6-7H,5,15H2,(H,16,17,18). The van der Waals surface area contributed by atoms with Crippen molar-refractivity contribution >= 4 is 11.0 Å². The van der Waals surface area contributed by atoms with E-state index in [2.05, 4.69) is 15.0 Å². The van der Waals surface area contributed by atoms with Crippen molar-refractivity contribution in [3.05, 3.63) is 48.2 Å². The molecule has 3 rings (SSSR count). The molecule has 0 spiro atoms. The number of hydrogen-bond donors (Lipinski definition) is 2. The van der Waals surface area contributed by atoms with Crippen LogP contribution in [0, 0.1) is 5.82 Å². The second-order valence-electron chi connectivity index (χ2n) is 3.94. The summed E-state index contributed by atoms with van der Waals surface area (Å²) in [6, 6.07) is 6.54. The molecule has 2 aromatic heterocycles. The summed E-state index contributed by atoms with van der Waals surface area (Å²) in [4.78, 5) is 11.3. The van der Waals surface area contributed by atoms with Crippen LogP contribution in [-0.4, -0.2) is 15.0 Å². The summed E-state index contributed by atoms with van der Waals surface area (Å²) in [5.74, 6) is -0.304. The molecule has 0 bridgehead atoms. The Morgan fingerprint density at radius 3 is 2.83 bits per heavy atom. The van der Waals surface area contributed by atoms with Crippen molar-refractivity contribution in [2.45, 2.75) is 6.54 Å². The van der Waals surface area contributed by atoms with E-state index in [9.17, 15) is 4.39 Å². The van der Waals surface area contributed by atoms with Crippen LogP contribution in [-0.2, 0) is 6.54 Å². The van der Waals surface area contributed by atoms with Gasteiger partial charge in [0.2, 0.25) is 0 Å². The maximum atomic E-state index is 13.8. The topological polar surface area (TPSA) is 67.6 Å². The summed E-state index contributed by atoms with van der Waals surface area (Å²) in [6.45, 7) is 0.356. The summed E-state index contributed by atoms with van der Waals surface area (Å²) in [6.07, 6.45) is 3.20. The molecule has 0 fully saturated rings. The van der Waals surface area contributed by atoms with Crippen LogP contribution in [0.15, 0.2) is 36.8 Å². The molecule has 3 aromatic rings. The minimum absolute atomic E-state index is 0.304. The average Bonchev–Trinajstić information content (AvgIpc) is 2.82. The van der Waals surface area contributed by atoms with Gasteiger partial charge in [0.1, 0.15) is 17.8 Å². The first-order chi connectivity index (χ1) is 8.81. The van der Waals surface area contributed by atoms with E-state index >= 15 is 0 Å². The number of aromatic nitrogens is 3. The molecular weight excluding hydrogens is 231 g/mol. The zero-order valence-corrected chi connectivity index (χ0v) is 9.52. The Balaban J connectivity index is 2.35. The minimum Gasteiger partial charge on any atom is -0.346 e. The maximum Gasteiger partial charge on any atom is 0.141 e. The third-order valence-electron chi connectivity index (χ3n) is 2.90. The molecule has 18 heavy (non-hydrogen) atoms. The Hall–Kier alpha value is -2.27. The molecule has 5 heteroatoms. The summed E-state index contributed by atoms with van der Waals surface area (Å²) < 4.78 is 13.8. The molecule has 1 aromatic carbocycles. The Labute approximate surface area is 103 Å². The first-order valence-corrected chi connectivity index (χ1v) is 5.57. The normalized spacial score (nSPS) is 11.0. The van der Waals surface area contributed by atoms with E-state index in [0.29, 0.717) is 23.4 Å². The van der Waals surface area contributed by atoms with Gasteiger partial charge in [-0.2, -0.15) is 0 Å². The molecule has 0 saturated heterocycles. The highest BCUT2D eigenvalue weighted by molar-refractivity contribution is 5.93. The first-order valence-electron chi connectivity index (χ1n) is 5.57. The lowest BCUT2D eigenvalue weighted by Crippen LogP contribution is -1.97. The van der Waals surface area contributed by atoms with Gasteiger partial charge in [0.05, 0.1) is 5.69 Å². The van der Waals surface area contributed by atoms with Crippen molar-refractivity contribution in [1.29, 1.82) is 0 Å². The van der Waals surface area contributed by atoms with Gasteiger partial charge < -0.3 is 10.7 Å².